The van der Waals surface area contributed by atoms with E-state index in [1.165, 1.54) is 0 Å². The van der Waals surface area contributed by atoms with Crippen molar-refractivity contribution in [1.82, 2.24) is 10.6 Å². The summed E-state index contributed by atoms with van der Waals surface area (Å²) < 4.78 is 0. The predicted octanol–water partition coefficient (Wildman–Crippen LogP) is 1.87. The van der Waals surface area contributed by atoms with E-state index in [1.807, 2.05) is 49.4 Å². The Morgan fingerprint density at radius 1 is 1.04 bits per heavy atom. The van der Waals surface area contributed by atoms with E-state index in [9.17, 15) is 9.59 Å². The molecule has 0 aliphatic carbocycles. The molecule has 0 aliphatic heterocycles. The minimum absolute atomic E-state index is 0.116. The summed E-state index contributed by atoms with van der Waals surface area (Å²) in [7, 11) is 0. The quantitative estimate of drug-likeness (QED) is 0.710. The van der Waals surface area contributed by atoms with Gasteiger partial charge < -0.3 is 15.7 Å². The van der Waals surface area contributed by atoms with E-state index in [0.717, 1.165) is 11.1 Å². The Labute approximate surface area is 141 Å². The lowest BCUT2D eigenvalue weighted by molar-refractivity contribution is -0.117. The maximum atomic E-state index is 12.4. The lowest BCUT2D eigenvalue weighted by Crippen LogP contribution is -2.36. The zero-order valence-electron chi connectivity index (χ0n) is 13.5. The van der Waals surface area contributed by atoms with Crippen molar-refractivity contribution in [2.45, 2.75) is 6.92 Å². The fourth-order valence-electron chi connectivity index (χ4n) is 2.04. The molecular weight excluding hydrogens is 304 g/mol. The van der Waals surface area contributed by atoms with Gasteiger partial charge in [-0.2, -0.15) is 0 Å². The first kappa shape index (κ1) is 17.4. The van der Waals surface area contributed by atoms with E-state index >= 15 is 0 Å². The molecule has 0 bridgehead atoms. The molecule has 5 nitrogen and oxygen atoms in total. The SMILES string of the molecule is Cc1ccc(C(=O)N/C(=C/c2ccccc2)C(=O)NCCO)cc1. The molecule has 0 heterocycles. The normalized spacial score (nSPS) is 11.0. The summed E-state index contributed by atoms with van der Waals surface area (Å²) in [6.45, 7) is 1.88. The number of benzene rings is 2. The molecule has 0 saturated carbocycles. The van der Waals surface area contributed by atoms with Crippen LogP contribution < -0.4 is 10.6 Å². The van der Waals surface area contributed by atoms with Gasteiger partial charge in [-0.1, -0.05) is 48.0 Å². The van der Waals surface area contributed by atoms with Gasteiger partial charge in [0.25, 0.3) is 11.8 Å². The highest BCUT2D eigenvalue weighted by atomic mass is 16.3. The summed E-state index contributed by atoms with van der Waals surface area (Å²) in [5.74, 6) is -0.815. The number of aliphatic hydroxyl groups is 1. The van der Waals surface area contributed by atoms with Crippen molar-refractivity contribution >= 4 is 17.9 Å². The molecule has 0 radical (unpaired) electrons. The van der Waals surface area contributed by atoms with Crippen molar-refractivity contribution in [3.63, 3.8) is 0 Å². The molecule has 0 fully saturated rings. The first-order valence-corrected chi connectivity index (χ1v) is 7.64. The molecule has 0 spiro atoms. The maximum absolute atomic E-state index is 12.4. The third-order valence-corrected chi connectivity index (χ3v) is 3.31. The number of hydrogen-bond donors (Lipinski definition) is 3. The first-order chi connectivity index (χ1) is 11.6. The average molecular weight is 324 g/mol. The molecule has 0 saturated heterocycles. The Morgan fingerprint density at radius 2 is 1.71 bits per heavy atom. The van der Waals surface area contributed by atoms with Gasteiger partial charge in [-0.3, -0.25) is 9.59 Å². The second-order valence-corrected chi connectivity index (χ2v) is 5.27. The molecule has 3 N–H and O–H groups in total. The van der Waals surface area contributed by atoms with Crippen LogP contribution in [0.3, 0.4) is 0 Å². The van der Waals surface area contributed by atoms with Crippen molar-refractivity contribution in [3.05, 3.63) is 77.0 Å². The number of aliphatic hydroxyl groups excluding tert-OH is 1. The van der Waals surface area contributed by atoms with Gasteiger partial charge in [0, 0.05) is 12.1 Å². The van der Waals surface area contributed by atoms with Crippen molar-refractivity contribution in [2.75, 3.05) is 13.2 Å². The highest BCUT2D eigenvalue weighted by Crippen LogP contribution is 2.08. The largest absolute Gasteiger partial charge is 0.395 e. The van der Waals surface area contributed by atoms with E-state index in [1.54, 1.807) is 18.2 Å². The van der Waals surface area contributed by atoms with E-state index in [4.69, 9.17) is 5.11 Å². The lowest BCUT2D eigenvalue weighted by atomic mass is 10.1. The van der Waals surface area contributed by atoms with E-state index in [-0.39, 0.29) is 24.8 Å². The molecule has 2 aromatic rings. The fraction of sp³-hybridized carbons (Fsp3) is 0.158. The van der Waals surface area contributed by atoms with Crippen molar-refractivity contribution in [1.29, 1.82) is 0 Å². The van der Waals surface area contributed by atoms with Crippen LogP contribution in [0.15, 0.2) is 60.3 Å². The molecule has 0 atom stereocenters. The Hall–Kier alpha value is -2.92. The number of carbonyl (C=O) groups excluding carboxylic acids is 2. The van der Waals surface area contributed by atoms with Crippen LogP contribution >= 0.6 is 0 Å². The third kappa shape index (κ3) is 5.07. The predicted molar refractivity (Wildman–Crippen MR) is 93.2 cm³/mol. The number of hydrogen-bond acceptors (Lipinski definition) is 3. The minimum Gasteiger partial charge on any atom is -0.395 e. The second kappa shape index (κ2) is 8.64. The van der Waals surface area contributed by atoms with Crippen molar-refractivity contribution in [2.24, 2.45) is 0 Å². The molecule has 5 heteroatoms. The number of aryl methyl sites for hydroxylation is 1. The Kier molecular flexibility index (Phi) is 6.28. The molecule has 2 aromatic carbocycles. The zero-order valence-corrected chi connectivity index (χ0v) is 13.5. The molecule has 124 valence electrons. The smallest absolute Gasteiger partial charge is 0.267 e. The molecule has 24 heavy (non-hydrogen) atoms. The van der Waals surface area contributed by atoms with Crippen LogP contribution in [0.1, 0.15) is 21.5 Å². The number of rotatable bonds is 6. The highest BCUT2D eigenvalue weighted by Gasteiger charge is 2.14. The summed E-state index contributed by atoms with van der Waals surface area (Å²) in [6.07, 6.45) is 1.60. The van der Waals surface area contributed by atoms with Gasteiger partial charge in [0.2, 0.25) is 0 Å². The van der Waals surface area contributed by atoms with Crippen LogP contribution in [0.5, 0.6) is 0 Å². The van der Waals surface area contributed by atoms with Crippen LogP contribution in [0.4, 0.5) is 0 Å². The third-order valence-electron chi connectivity index (χ3n) is 3.31. The first-order valence-electron chi connectivity index (χ1n) is 7.64. The van der Waals surface area contributed by atoms with Crippen LogP contribution in [0.2, 0.25) is 0 Å². The van der Waals surface area contributed by atoms with E-state index in [0.29, 0.717) is 5.56 Å². The monoisotopic (exact) mass is 324 g/mol. The standard InChI is InChI=1S/C19H20N2O3/c1-14-7-9-16(10-8-14)18(23)21-17(19(24)20-11-12-22)13-15-5-3-2-4-6-15/h2-10,13,22H,11-12H2,1H3,(H,20,24)(H,21,23)/b17-13+. The van der Waals surface area contributed by atoms with Crippen LogP contribution in [0.25, 0.3) is 6.08 Å². The summed E-state index contributed by atoms with van der Waals surface area (Å²) >= 11 is 0. The molecule has 0 unspecified atom stereocenters. The highest BCUT2D eigenvalue weighted by molar-refractivity contribution is 6.05. The Morgan fingerprint density at radius 3 is 2.33 bits per heavy atom. The van der Waals surface area contributed by atoms with Gasteiger partial charge in [0.15, 0.2) is 0 Å². The lowest BCUT2D eigenvalue weighted by Gasteiger charge is -2.11. The molecular formula is C19H20N2O3. The van der Waals surface area contributed by atoms with Crippen LogP contribution in [-0.4, -0.2) is 30.1 Å². The van der Waals surface area contributed by atoms with Gasteiger partial charge in [0.1, 0.15) is 5.70 Å². The minimum atomic E-state index is -0.451. The van der Waals surface area contributed by atoms with E-state index < -0.39 is 5.91 Å². The number of amides is 2. The molecule has 2 amide bonds. The summed E-state index contributed by atoms with van der Waals surface area (Å²) in [4.78, 5) is 24.6. The summed E-state index contributed by atoms with van der Waals surface area (Å²) in [5.41, 5.74) is 2.43. The van der Waals surface area contributed by atoms with E-state index in [2.05, 4.69) is 10.6 Å². The molecule has 0 aliphatic rings. The Balaban J connectivity index is 2.22. The van der Waals surface area contributed by atoms with Gasteiger partial charge in [0.05, 0.1) is 6.61 Å². The summed E-state index contributed by atoms with van der Waals surface area (Å²) in [6, 6.07) is 16.3. The summed E-state index contributed by atoms with van der Waals surface area (Å²) in [5, 5.41) is 14.0. The second-order valence-electron chi connectivity index (χ2n) is 5.27. The van der Waals surface area contributed by atoms with Gasteiger partial charge >= 0.3 is 0 Å². The van der Waals surface area contributed by atoms with Crippen molar-refractivity contribution in [3.8, 4) is 0 Å². The number of carbonyl (C=O) groups is 2. The number of nitrogens with one attached hydrogen (secondary N) is 2. The topological polar surface area (TPSA) is 78.4 Å². The molecule has 0 aromatic heterocycles. The van der Waals surface area contributed by atoms with Crippen molar-refractivity contribution < 1.29 is 14.7 Å². The fourth-order valence-corrected chi connectivity index (χ4v) is 2.04. The zero-order chi connectivity index (χ0) is 17.4. The molecule has 2 rings (SSSR count). The van der Waals surface area contributed by atoms with Gasteiger partial charge in [-0.25, -0.2) is 0 Å². The average Bonchev–Trinajstić information content (AvgIpc) is 2.60. The Bertz CT molecular complexity index is 722. The van der Waals surface area contributed by atoms with Crippen LogP contribution in [-0.2, 0) is 4.79 Å². The maximum Gasteiger partial charge on any atom is 0.267 e. The van der Waals surface area contributed by atoms with Crippen LogP contribution in [0, 0.1) is 6.92 Å². The van der Waals surface area contributed by atoms with Gasteiger partial charge in [-0.15, -0.1) is 0 Å². The van der Waals surface area contributed by atoms with Gasteiger partial charge in [-0.05, 0) is 30.7 Å².